The van der Waals surface area contributed by atoms with Crippen LogP contribution in [0.4, 0.5) is 4.79 Å². The third-order valence-corrected chi connectivity index (χ3v) is 8.03. The number of carbonyl (C=O) groups excluding carboxylic acids is 5. The van der Waals surface area contributed by atoms with E-state index in [1.807, 2.05) is 48.5 Å². The smallest absolute Gasteiger partial charge is 0.407 e. The maximum atomic E-state index is 13.3. The van der Waals surface area contributed by atoms with E-state index in [2.05, 4.69) is 21.3 Å². The zero-order chi connectivity index (χ0) is 35.9. The first-order valence-electron chi connectivity index (χ1n) is 16.0. The molecule has 4 rings (SSSR count). The van der Waals surface area contributed by atoms with Crippen LogP contribution in [0.15, 0.2) is 48.5 Å². The van der Waals surface area contributed by atoms with E-state index in [0.29, 0.717) is 0 Å². The first-order chi connectivity index (χ1) is 23.2. The predicted molar refractivity (Wildman–Crippen MR) is 174 cm³/mol. The average molecular weight is 685 g/mol. The van der Waals surface area contributed by atoms with Crippen LogP contribution < -0.4 is 21.3 Å². The number of benzene rings is 2. The van der Waals surface area contributed by atoms with E-state index < -0.39 is 85.2 Å². The van der Waals surface area contributed by atoms with Gasteiger partial charge < -0.3 is 50.8 Å². The summed E-state index contributed by atoms with van der Waals surface area (Å²) >= 11 is 0. The zero-order valence-corrected chi connectivity index (χ0v) is 27.8. The number of nitrogens with one attached hydrogen (secondary N) is 4. The molecule has 15 heteroatoms. The fraction of sp³-hybridized carbons (Fsp3) is 0.500. The van der Waals surface area contributed by atoms with Crippen molar-refractivity contribution < 1.29 is 53.5 Å². The maximum Gasteiger partial charge on any atom is 0.407 e. The molecule has 2 aromatic rings. The van der Waals surface area contributed by atoms with E-state index in [1.54, 1.807) is 20.8 Å². The Hall–Kier alpha value is -4.57. The van der Waals surface area contributed by atoms with E-state index >= 15 is 0 Å². The lowest BCUT2D eigenvalue weighted by molar-refractivity contribution is -0.203. The van der Waals surface area contributed by atoms with Crippen LogP contribution in [0.5, 0.6) is 0 Å². The summed E-state index contributed by atoms with van der Waals surface area (Å²) in [6, 6.07) is 13.0. The van der Waals surface area contributed by atoms with Gasteiger partial charge in [-0.05, 0) is 49.4 Å². The van der Waals surface area contributed by atoms with Gasteiger partial charge >= 0.3 is 12.1 Å². The van der Waals surface area contributed by atoms with Crippen LogP contribution in [-0.4, -0.2) is 107 Å². The number of aliphatic hydroxyl groups excluding tert-OH is 3. The van der Waals surface area contributed by atoms with E-state index in [1.165, 1.54) is 0 Å². The molecule has 1 heterocycles. The molecular formula is C34H44N4O11. The topological polar surface area (TPSA) is 222 Å². The summed E-state index contributed by atoms with van der Waals surface area (Å²) in [7, 11) is 0. The molecule has 2 aliphatic rings. The number of ether oxygens (including phenoxy) is 3. The first-order valence-corrected chi connectivity index (χ1v) is 16.0. The lowest BCUT2D eigenvalue weighted by Gasteiger charge is -2.42. The minimum atomic E-state index is -1.59. The Labute approximate surface area is 283 Å². The van der Waals surface area contributed by atoms with Crippen molar-refractivity contribution in [2.45, 2.75) is 88.7 Å². The second-order valence-electron chi connectivity index (χ2n) is 12.9. The highest BCUT2D eigenvalue weighted by atomic mass is 16.6. The van der Waals surface area contributed by atoms with Crippen LogP contribution in [0.25, 0.3) is 11.1 Å². The van der Waals surface area contributed by atoms with Crippen molar-refractivity contribution in [1.82, 2.24) is 21.3 Å². The third-order valence-electron chi connectivity index (χ3n) is 8.03. The van der Waals surface area contributed by atoms with Crippen LogP contribution in [0.3, 0.4) is 0 Å². The SMILES string of the molecule is CC(=O)N[C@@H]1[C@@H](O)[C@H](O)[C@@H](CO)O[C@H]1NC(=O)CNC(=O)[C@H](CCC(=O)OC(C)(C)C)NC(=O)OCC1c2ccccc2-c2ccccc21. The second-order valence-corrected chi connectivity index (χ2v) is 12.9. The number of hydrogen-bond acceptors (Lipinski definition) is 11. The molecular weight excluding hydrogens is 640 g/mol. The summed E-state index contributed by atoms with van der Waals surface area (Å²) in [5.41, 5.74) is 3.30. The molecule has 0 bridgehead atoms. The number of rotatable bonds is 12. The van der Waals surface area contributed by atoms with E-state index in [0.717, 1.165) is 29.2 Å². The Morgan fingerprint density at radius 2 is 1.53 bits per heavy atom. The molecule has 2 aromatic carbocycles. The van der Waals surface area contributed by atoms with Gasteiger partial charge in [0, 0.05) is 19.3 Å². The Morgan fingerprint density at radius 1 is 0.918 bits per heavy atom. The second kappa shape index (κ2) is 16.2. The fourth-order valence-electron chi connectivity index (χ4n) is 5.84. The normalized spacial score (nSPS) is 22.1. The zero-order valence-electron chi connectivity index (χ0n) is 27.8. The standard InChI is InChI=1S/C34H44N4O11/c1-18(40)36-28-30(44)29(43)25(16-39)48-32(28)38-26(41)15-35-31(45)24(13-14-27(42)49-34(2,3)4)37-33(46)47-17-23-21-11-7-5-9-19(21)20-10-6-8-12-22(20)23/h5-12,23-25,28-30,32,39,43-44H,13-17H2,1-4H3,(H,35,45)(H,36,40)(H,37,46)(H,38,41)/t24-,25+,28+,29+,30+,32+/m0/s1. The lowest BCUT2D eigenvalue weighted by atomic mass is 9.96. The van der Waals surface area contributed by atoms with Crippen LogP contribution in [-0.2, 0) is 33.4 Å². The van der Waals surface area contributed by atoms with Crippen molar-refractivity contribution in [3.63, 3.8) is 0 Å². The molecule has 0 unspecified atom stereocenters. The maximum absolute atomic E-state index is 13.3. The number of fused-ring (bicyclic) bond motifs is 3. The summed E-state index contributed by atoms with van der Waals surface area (Å²) in [4.78, 5) is 63.2. The minimum absolute atomic E-state index is 0.0189. The third kappa shape index (κ3) is 9.75. The van der Waals surface area contributed by atoms with Crippen LogP contribution >= 0.6 is 0 Å². The number of aliphatic hydroxyl groups is 3. The molecule has 7 N–H and O–H groups in total. The van der Waals surface area contributed by atoms with Gasteiger partial charge in [0.2, 0.25) is 17.7 Å². The molecule has 1 aliphatic heterocycles. The lowest BCUT2D eigenvalue weighted by Crippen LogP contribution is -2.68. The predicted octanol–water partition coefficient (Wildman–Crippen LogP) is 0.192. The molecule has 49 heavy (non-hydrogen) atoms. The molecule has 0 spiro atoms. The molecule has 6 atom stereocenters. The number of hydrogen-bond donors (Lipinski definition) is 7. The summed E-state index contributed by atoms with van der Waals surface area (Å²) < 4.78 is 16.4. The van der Waals surface area contributed by atoms with Crippen molar-refractivity contribution in [2.75, 3.05) is 19.8 Å². The summed E-state index contributed by atoms with van der Waals surface area (Å²) in [6.45, 7) is 4.90. The van der Waals surface area contributed by atoms with E-state index in [-0.39, 0.29) is 25.4 Å². The molecule has 0 saturated carbocycles. The number of alkyl carbamates (subject to hydrolysis) is 1. The highest BCUT2D eigenvalue weighted by Gasteiger charge is 2.45. The van der Waals surface area contributed by atoms with Gasteiger partial charge in [-0.1, -0.05) is 48.5 Å². The van der Waals surface area contributed by atoms with E-state index in [4.69, 9.17) is 14.2 Å². The number of amides is 4. The highest BCUT2D eigenvalue weighted by molar-refractivity contribution is 5.90. The fourth-order valence-corrected chi connectivity index (χ4v) is 5.84. The molecule has 0 aromatic heterocycles. The Kier molecular flexibility index (Phi) is 12.3. The number of carbonyl (C=O) groups is 5. The molecule has 266 valence electrons. The van der Waals surface area contributed by atoms with Crippen LogP contribution in [0.1, 0.15) is 57.6 Å². The molecule has 1 aliphatic carbocycles. The molecule has 1 fully saturated rings. The van der Waals surface area contributed by atoms with Gasteiger partial charge in [-0.15, -0.1) is 0 Å². The van der Waals surface area contributed by atoms with Gasteiger partial charge in [0.15, 0.2) is 6.23 Å². The average Bonchev–Trinajstić information content (AvgIpc) is 3.36. The Morgan fingerprint density at radius 3 is 2.10 bits per heavy atom. The number of esters is 1. The monoisotopic (exact) mass is 684 g/mol. The van der Waals surface area contributed by atoms with Crippen LogP contribution in [0, 0.1) is 0 Å². The summed E-state index contributed by atoms with van der Waals surface area (Å²) in [5, 5.41) is 39.9. The van der Waals surface area contributed by atoms with Crippen molar-refractivity contribution in [1.29, 1.82) is 0 Å². The van der Waals surface area contributed by atoms with Gasteiger partial charge in [-0.3, -0.25) is 19.2 Å². The van der Waals surface area contributed by atoms with Gasteiger partial charge in [-0.2, -0.15) is 0 Å². The van der Waals surface area contributed by atoms with Crippen molar-refractivity contribution >= 4 is 29.8 Å². The molecule has 4 amide bonds. The quantitative estimate of drug-likeness (QED) is 0.150. The van der Waals surface area contributed by atoms with Gasteiger partial charge in [0.25, 0.3) is 0 Å². The van der Waals surface area contributed by atoms with Crippen molar-refractivity contribution in [2.24, 2.45) is 0 Å². The molecule has 15 nitrogen and oxygen atoms in total. The summed E-state index contributed by atoms with van der Waals surface area (Å²) in [6.07, 6.45) is -7.10. The van der Waals surface area contributed by atoms with Crippen molar-refractivity contribution in [3.05, 3.63) is 59.7 Å². The molecule has 1 saturated heterocycles. The van der Waals surface area contributed by atoms with E-state index in [9.17, 15) is 39.3 Å². The Bertz CT molecular complexity index is 1480. The largest absolute Gasteiger partial charge is 0.460 e. The van der Waals surface area contributed by atoms with Gasteiger partial charge in [-0.25, -0.2) is 4.79 Å². The summed E-state index contributed by atoms with van der Waals surface area (Å²) in [5.74, 6) is -3.04. The molecule has 0 radical (unpaired) electrons. The Balaban J connectivity index is 1.39. The first kappa shape index (κ1) is 37.3. The minimum Gasteiger partial charge on any atom is -0.460 e. The van der Waals surface area contributed by atoms with Crippen LogP contribution in [0.2, 0.25) is 0 Å². The van der Waals surface area contributed by atoms with Crippen molar-refractivity contribution in [3.8, 4) is 11.1 Å². The van der Waals surface area contributed by atoms with Gasteiger partial charge in [0.05, 0.1) is 13.2 Å². The highest BCUT2D eigenvalue weighted by Crippen LogP contribution is 2.44. The van der Waals surface area contributed by atoms with Gasteiger partial charge in [0.1, 0.15) is 42.6 Å².